The molecule has 0 saturated carbocycles. The summed E-state index contributed by atoms with van der Waals surface area (Å²) in [6.45, 7) is 4.01. The quantitative estimate of drug-likeness (QED) is 0.805. The largest absolute Gasteiger partial charge is 0.506 e. The summed E-state index contributed by atoms with van der Waals surface area (Å²) in [6, 6.07) is 10.3. The molecule has 0 saturated heterocycles. The molecule has 0 fully saturated rings. The number of amides is 1. The van der Waals surface area contributed by atoms with Gasteiger partial charge in [0.15, 0.2) is 0 Å². The first-order valence-electron chi connectivity index (χ1n) is 6.98. The third-order valence-electron chi connectivity index (χ3n) is 3.70. The molecular weight excluding hydrogens is 335 g/mol. The van der Waals surface area contributed by atoms with Gasteiger partial charge in [0.1, 0.15) is 11.9 Å². The predicted octanol–water partition coefficient (Wildman–Crippen LogP) is 4.45. The Morgan fingerprint density at radius 1 is 1.30 bits per heavy atom. The number of hydrogen-bond acceptors (Lipinski definition) is 3. The topological polar surface area (TPSA) is 52.6 Å². The summed E-state index contributed by atoms with van der Waals surface area (Å²) in [5.41, 5.74) is 1.70. The van der Waals surface area contributed by atoms with Gasteiger partial charge in [0.2, 0.25) is 0 Å². The minimum atomic E-state index is -0.591. The minimum absolute atomic E-state index is 0.102. The monoisotopic (exact) mass is 348 g/mol. The third kappa shape index (κ3) is 2.76. The van der Waals surface area contributed by atoms with E-state index < -0.39 is 6.17 Å². The van der Waals surface area contributed by atoms with Crippen LogP contribution in [0.2, 0.25) is 10.0 Å². The van der Waals surface area contributed by atoms with Crippen molar-refractivity contribution in [3.63, 3.8) is 0 Å². The van der Waals surface area contributed by atoms with Crippen LogP contribution in [0.3, 0.4) is 0 Å². The van der Waals surface area contributed by atoms with Crippen LogP contribution < -0.4 is 5.32 Å². The highest BCUT2D eigenvalue weighted by atomic mass is 35.5. The molecule has 1 amide bonds. The maximum Gasteiger partial charge on any atom is 0.258 e. The summed E-state index contributed by atoms with van der Waals surface area (Å²) < 4.78 is 0. The van der Waals surface area contributed by atoms with E-state index in [0.29, 0.717) is 28.4 Å². The number of phenolic OH excluding ortho intramolecular Hbond substituents is 1. The average Bonchev–Trinajstić information content (AvgIpc) is 2.53. The number of carbonyl (C=O) groups excluding carboxylic acids is 1. The van der Waals surface area contributed by atoms with Crippen molar-refractivity contribution >= 4 is 34.8 Å². The molecule has 2 aromatic carbocycles. The van der Waals surface area contributed by atoms with E-state index in [1.165, 1.54) is 6.07 Å². The number of phenols is 1. The second-order valence-corrected chi connectivity index (χ2v) is 6.01. The first kappa shape index (κ1) is 15.7. The number of fused-ring (bicyclic) bond motifs is 1. The number of benzene rings is 2. The molecule has 0 radical (unpaired) electrons. The smallest absolute Gasteiger partial charge is 0.258 e. The van der Waals surface area contributed by atoms with Crippen molar-refractivity contribution in [3.8, 4) is 5.75 Å². The zero-order chi connectivity index (χ0) is 16.6. The first-order chi connectivity index (χ1) is 11.0. The number of halogens is 2. The average molecular weight is 349 g/mol. The molecule has 0 unspecified atom stereocenters. The Hall–Kier alpha value is -2.17. The molecule has 118 valence electrons. The van der Waals surface area contributed by atoms with E-state index in [2.05, 4.69) is 11.9 Å². The van der Waals surface area contributed by atoms with Crippen LogP contribution in [-0.4, -0.2) is 22.5 Å². The van der Waals surface area contributed by atoms with Crippen molar-refractivity contribution in [2.45, 2.75) is 6.17 Å². The maximum atomic E-state index is 12.8. The summed E-state index contributed by atoms with van der Waals surface area (Å²) in [4.78, 5) is 14.3. The number of nitrogens with one attached hydrogen (secondary N) is 1. The van der Waals surface area contributed by atoms with Gasteiger partial charge >= 0.3 is 0 Å². The number of hydrogen-bond donors (Lipinski definition) is 2. The van der Waals surface area contributed by atoms with Crippen molar-refractivity contribution in [1.29, 1.82) is 0 Å². The van der Waals surface area contributed by atoms with Gasteiger partial charge in [-0.15, -0.1) is 6.58 Å². The van der Waals surface area contributed by atoms with Crippen LogP contribution in [-0.2, 0) is 0 Å². The fraction of sp³-hybridized carbons (Fsp3) is 0.118. The molecule has 4 nitrogen and oxygen atoms in total. The van der Waals surface area contributed by atoms with E-state index >= 15 is 0 Å². The molecular formula is C17H14Cl2N2O2. The van der Waals surface area contributed by atoms with Crippen molar-refractivity contribution in [3.05, 3.63) is 70.2 Å². The molecule has 1 aliphatic heterocycles. The van der Waals surface area contributed by atoms with Gasteiger partial charge in [-0.05, 0) is 24.3 Å². The molecule has 3 rings (SSSR count). The Morgan fingerprint density at radius 3 is 2.78 bits per heavy atom. The number of anilines is 1. The lowest BCUT2D eigenvalue weighted by Gasteiger charge is -2.37. The van der Waals surface area contributed by atoms with Crippen LogP contribution in [0.1, 0.15) is 22.1 Å². The van der Waals surface area contributed by atoms with Crippen LogP contribution in [0.25, 0.3) is 0 Å². The van der Waals surface area contributed by atoms with Crippen LogP contribution in [0.5, 0.6) is 5.75 Å². The second kappa shape index (κ2) is 6.14. The molecule has 6 heteroatoms. The Kier molecular flexibility index (Phi) is 4.20. The summed E-state index contributed by atoms with van der Waals surface area (Å²) in [6.07, 6.45) is 1.04. The Morgan fingerprint density at radius 2 is 2.04 bits per heavy atom. The molecule has 2 aromatic rings. The molecule has 0 bridgehead atoms. The third-order valence-corrected chi connectivity index (χ3v) is 4.21. The van der Waals surface area contributed by atoms with Crippen LogP contribution in [0.4, 0.5) is 5.69 Å². The molecule has 0 spiro atoms. The highest BCUT2D eigenvalue weighted by molar-refractivity contribution is 6.35. The molecule has 2 N–H and O–H groups in total. The number of para-hydroxylation sites is 1. The lowest BCUT2D eigenvalue weighted by molar-refractivity contribution is 0.0706. The van der Waals surface area contributed by atoms with Gasteiger partial charge in [-0.25, -0.2) is 0 Å². The van der Waals surface area contributed by atoms with Gasteiger partial charge in [0.05, 0.1) is 10.6 Å². The zero-order valence-corrected chi connectivity index (χ0v) is 13.6. The fourth-order valence-electron chi connectivity index (χ4n) is 2.66. The van der Waals surface area contributed by atoms with E-state index in [4.69, 9.17) is 23.2 Å². The van der Waals surface area contributed by atoms with Crippen LogP contribution >= 0.6 is 23.2 Å². The molecule has 1 heterocycles. The molecule has 23 heavy (non-hydrogen) atoms. The lowest BCUT2D eigenvalue weighted by atomic mass is 10.0. The van der Waals surface area contributed by atoms with Gasteiger partial charge < -0.3 is 15.3 Å². The summed E-state index contributed by atoms with van der Waals surface area (Å²) in [5.74, 6) is -0.255. The molecule has 1 atom stereocenters. The van der Waals surface area contributed by atoms with Crippen LogP contribution in [0, 0.1) is 0 Å². The summed E-state index contributed by atoms with van der Waals surface area (Å²) >= 11 is 12.1. The van der Waals surface area contributed by atoms with Crippen molar-refractivity contribution in [2.24, 2.45) is 0 Å². The Bertz CT molecular complexity index is 792. The number of nitrogens with zero attached hydrogens (tertiary/aromatic N) is 1. The van der Waals surface area contributed by atoms with Gasteiger partial charge in [-0.1, -0.05) is 41.4 Å². The highest BCUT2D eigenvalue weighted by Crippen LogP contribution is 2.40. The summed E-state index contributed by atoms with van der Waals surface area (Å²) in [5, 5.41) is 14.1. The Labute approximate surface area is 143 Å². The van der Waals surface area contributed by atoms with Crippen molar-refractivity contribution in [1.82, 2.24) is 4.90 Å². The van der Waals surface area contributed by atoms with E-state index in [0.717, 1.165) is 0 Å². The van der Waals surface area contributed by atoms with Gasteiger partial charge in [0.25, 0.3) is 5.91 Å². The first-order valence-corrected chi connectivity index (χ1v) is 7.74. The van der Waals surface area contributed by atoms with Crippen LogP contribution in [0.15, 0.2) is 49.1 Å². The molecule has 0 aliphatic carbocycles. The van der Waals surface area contributed by atoms with E-state index in [1.54, 1.807) is 29.2 Å². The van der Waals surface area contributed by atoms with Gasteiger partial charge in [-0.2, -0.15) is 0 Å². The molecule has 0 aromatic heterocycles. The van der Waals surface area contributed by atoms with Crippen molar-refractivity contribution < 1.29 is 9.90 Å². The zero-order valence-electron chi connectivity index (χ0n) is 12.1. The fourth-order valence-corrected chi connectivity index (χ4v) is 3.17. The lowest BCUT2D eigenvalue weighted by Crippen LogP contribution is -2.43. The number of carbonyl (C=O) groups is 1. The van der Waals surface area contributed by atoms with E-state index in [1.807, 2.05) is 12.1 Å². The Balaban J connectivity index is 2.14. The van der Waals surface area contributed by atoms with Gasteiger partial charge in [-0.3, -0.25) is 4.79 Å². The van der Waals surface area contributed by atoms with Crippen molar-refractivity contribution in [2.75, 3.05) is 11.9 Å². The predicted molar refractivity (Wildman–Crippen MR) is 92.2 cm³/mol. The SMILES string of the molecule is C=CCN1C(=O)c2ccccc2N[C@@H]1c1cc(Cl)cc(Cl)c1O. The normalized spacial score (nSPS) is 16.7. The van der Waals surface area contributed by atoms with E-state index in [9.17, 15) is 9.90 Å². The summed E-state index contributed by atoms with van der Waals surface area (Å²) in [7, 11) is 0. The number of rotatable bonds is 3. The number of aromatic hydroxyl groups is 1. The maximum absolute atomic E-state index is 12.8. The molecule has 1 aliphatic rings. The van der Waals surface area contributed by atoms with Gasteiger partial charge in [0, 0.05) is 22.8 Å². The minimum Gasteiger partial charge on any atom is -0.506 e. The van der Waals surface area contributed by atoms with E-state index in [-0.39, 0.29) is 16.7 Å². The standard InChI is InChI=1S/C17H14Cl2N2O2/c1-2-7-21-16(12-8-10(18)9-13(19)15(12)22)20-14-6-4-3-5-11(14)17(21)23/h2-6,8-9,16,20,22H,1,7H2/t16-/m0/s1. The second-order valence-electron chi connectivity index (χ2n) is 5.16. The highest BCUT2D eigenvalue weighted by Gasteiger charge is 2.34.